The molecule has 2 N–H and O–H groups in total. The van der Waals surface area contributed by atoms with Crippen LogP contribution in [0.15, 0.2) is 59.5 Å². The van der Waals surface area contributed by atoms with Gasteiger partial charge in [-0.15, -0.1) is 0 Å². The number of alkyl carbamates (subject to hydrolysis) is 1. The van der Waals surface area contributed by atoms with E-state index in [0.717, 1.165) is 101 Å². The van der Waals surface area contributed by atoms with Gasteiger partial charge in [0.05, 0.1) is 12.0 Å². The molecule has 13 nitrogen and oxygen atoms in total. The molecule has 0 bridgehead atoms. The van der Waals surface area contributed by atoms with Crippen molar-refractivity contribution in [2.45, 2.75) is 105 Å². The average molecular weight is 936 g/mol. The van der Waals surface area contributed by atoms with Gasteiger partial charge in [0.2, 0.25) is 11.8 Å². The molecule has 2 aromatic carbocycles. The van der Waals surface area contributed by atoms with Gasteiger partial charge in [-0.3, -0.25) is 19.4 Å². The van der Waals surface area contributed by atoms with Crippen molar-refractivity contribution in [2.24, 2.45) is 17.8 Å². The Kier molecular flexibility index (Phi) is 15.7. The molecule has 16 heteroatoms. The Hall–Kier alpha value is -4.12. The third-order valence-electron chi connectivity index (χ3n) is 15.7. The molecule has 3 amide bonds. The highest BCUT2D eigenvalue weighted by molar-refractivity contribution is 7.92. The summed E-state index contributed by atoms with van der Waals surface area (Å²) >= 11 is 0. The zero-order valence-corrected chi connectivity index (χ0v) is 39.8. The molecular formula is C50H71F2N7O6S. The molecule has 8 rings (SSSR count). The maximum atomic E-state index is 15.0. The monoisotopic (exact) mass is 936 g/mol. The van der Waals surface area contributed by atoms with E-state index in [1.54, 1.807) is 29.2 Å². The van der Waals surface area contributed by atoms with E-state index in [4.69, 9.17) is 4.74 Å². The topological polar surface area (TPSA) is 135 Å². The number of ether oxygens (including phenoxy) is 1. The molecule has 1 aliphatic carbocycles. The minimum absolute atomic E-state index is 0.0297. The van der Waals surface area contributed by atoms with Crippen molar-refractivity contribution in [3.63, 3.8) is 0 Å². The molecule has 3 atom stereocenters. The van der Waals surface area contributed by atoms with E-state index >= 15 is 4.39 Å². The second kappa shape index (κ2) is 21.5. The first kappa shape index (κ1) is 48.3. The lowest BCUT2D eigenvalue weighted by Gasteiger charge is -2.51. The van der Waals surface area contributed by atoms with E-state index in [1.165, 1.54) is 39.4 Å². The third-order valence-corrected chi connectivity index (χ3v) is 17.9. The maximum absolute atomic E-state index is 15.0. The number of sulfone groups is 1. The number of carbonyl (C=O) groups excluding carboxylic acids is 3. The largest absolute Gasteiger partial charge is 0.453 e. The number of nitrogens with zero attached hydrogens (tertiary/aromatic N) is 5. The second-order valence-corrected chi connectivity index (χ2v) is 22.2. The van der Waals surface area contributed by atoms with Crippen LogP contribution in [0.2, 0.25) is 0 Å². The molecule has 2 aromatic rings. The minimum Gasteiger partial charge on any atom is -0.453 e. The molecule has 5 heterocycles. The van der Waals surface area contributed by atoms with Gasteiger partial charge >= 0.3 is 6.09 Å². The molecule has 5 aliphatic heterocycles. The van der Waals surface area contributed by atoms with Crippen LogP contribution >= 0.6 is 0 Å². The first-order chi connectivity index (χ1) is 31.8. The number of likely N-dealkylation sites (tertiary alicyclic amines) is 4. The quantitative estimate of drug-likeness (QED) is 0.207. The van der Waals surface area contributed by atoms with Crippen LogP contribution < -0.4 is 15.5 Å². The maximum Gasteiger partial charge on any atom is 0.407 e. The van der Waals surface area contributed by atoms with Gasteiger partial charge in [-0.05, 0) is 131 Å². The molecule has 66 heavy (non-hydrogen) atoms. The van der Waals surface area contributed by atoms with Crippen LogP contribution in [0, 0.1) is 23.6 Å². The van der Waals surface area contributed by atoms with Gasteiger partial charge in [0, 0.05) is 102 Å². The smallest absolute Gasteiger partial charge is 0.407 e. The number of amides is 3. The highest BCUT2D eigenvalue weighted by atomic mass is 32.2. The van der Waals surface area contributed by atoms with E-state index in [9.17, 15) is 27.2 Å². The first-order valence-electron chi connectivity index (χ1n) is 24.6. The van der Waals surface area contributed by atoms with E-state index in [2.05, 4.69) is 30.2 Å². The van der Waals surface area contributed by atoms with Crippen LogP contribution in [-0.2, 0) is 36.1 Å². The van der Waals surface area contributed by atoms with Crippen molar-refractivity contribution in [1.82, 2.24) is 30.2 Å². The van der Waals surface area contributed by atoms with Crippen molar-refractivity contribution in [1.29, 1.82) is 0 Å². The molecule has 0 unspecified atom stereocenters. The van der Waals surface area contributed by atoms with Crippen LogP contribution in [0.25, 0.3) is 0 Å². The number of methoxy groups -OCH3 is 1. The van der Waals surface area contributed by atoms with Crippen LogP contribution in [0.3, 0.4) is 0 Å². The number of halogens is 2. The van der Waals surface area contributed by atoms with Crippen LogP contribution in [-0.4, -0.2) is 156 Å². The van der Waals surface area contributed by atoms with Crippen molar-refractivity contribution in [3.05, 3.63) is 71.6 Å². The van der Waals surface area contributed by atoms with Crippen LogP contribution in [0.4, 0.5) is 19.3 Å². The summed E-state index contributed by atoms with van der Waals surface area (Å²) in [6, 6.07) is 12.3. The Bertz CT molecular complexity index is 2150. The lowest BCUT2D eigenvalue weighted by atomic mass is 9.58. The highest BCUT2D eigenvalue weighted by Gasteiger charge is 2.52. The summed E-state index contributed by atoms with van der Waals surface area (Å²) < 4.78 is 62.7. The van der Waals surface area contributed by atoms with Gasteiger partial charge in [0.25, 0.3) is 0 Å². The normalized spacial score (nSPS) is 24.5. The van der Waals surface area contributed by atoms with Gasteiger partial charge in [-0.25, -0.2) is 22.0 Å². The number of nitrogens with one attached hydrogen (secondary N) is 2. The van der Waals surface area contributed by atoms with E-state index < -0.39 is 32.8 Å². The predicted octanol–water partition coefficient (Wildman–Crippen LogP) is 5.53. The first-order valence-corrected chi connectivity index (χ1v) is 26.1. The average Bonchev–Trinajstić information content (AvgIpc) is 3.74. The number of hydrogen-bond acceptors (Lipinski definition) is 10. The summed E-state index contributed by atoms with van der Waals surface area (Å²) in [5, 5.41) is 5.54. The Balaban J connectivity index is 0.909. The summed E-state index contributed by atoms with van der Waals surface area (Å²) in [6.45, 7) is 10.9. The Morgan fingerprint density at radius 1 is 0.848 bits per heavy atom. The molecule has 0 radical (unpaired) electrons. The van der Waals surface area contributed by atoms with E-state index in [0.29, 0.717) is 49.8 Å². The number of rotatable bonds is 16. The summed E-state index contributed by atoms with van der Waals surface area (Å²) in [6.07, 6.45) is 10.9. The van der Waals surface area contributed by atoms with Gasteiger partial charge in [0.1, 0.15) is 17.2 Å². The van der Waals surface area contributed by atoms with Gasteiger partial charge in [-0.2, -0.15) is 0 Å². The summed E-state index contributed by atoms with van der Waals surface area (Å²) in [5.74, 6) is -0.0996. The molecule has 6 aliphatic rings. The van der Waals surface area contributed by atoms with Crippen LogP contribution in [0.5, 0.6) is 0 Å². The van der Waals surface area contributed by atoms with Gasteiger partial charge in [-0.1, -0.05) is 31.1 Å². The number of anilines is 1. The fourth-order valence-corrected chi connectivity index (χ4v) is 13.9. The Labute approximate surface area is 390 Å². The summed E-state index contributed by atoms with van der Waals surface area (Å²) in [5.41, 5.74) is 1.96. The number of carbonyl (C=O) groups is 3. The third kappa shape index (κ3) is 11.1. The molecule has 1 saturated carbocycles. The zero-order valence-electron chi connectivity index (χ0n) is 39.0. The van der Waals surface area contributed by atoms with Gasteiger partial charge in [0.15, 0.2) is 9.84 Å². The second-order valence-electron chi connectivity index (χ2n) is 20.0. The van der Waals surface area contributed by atoms with E-state index in [1.807, 2.05) is 24.3 Å². The molecule has 0 aromatic heterocycles. The highest BCUT2D eigenvalue weighted by Crippen LogP contribution is 2.50. The van der Waals surface area contributed by atoms with Crippen molar-refractivity contribution >= 4 is 33.4 Å². The van der Waals surface area contributed by atoms with Gasteiger partial charge < -0.3 is 30.1 Å². The number of benzene rings is 2. The van der Waals surface area contributed by atoms with Crippen LogP contribution in [0.1, 0.15) is 82.3 Å². The molecular weight excluding hydrogens is 865 g/mol. The fourth-order valence-electron chi connectivity index (χ4n) is 12.0. The summed E-state index contributed by atoms with van der Waals surface area (Å²) in [7, 11) is -2.37. The molecule has 5 saturated heterocycles. The number of hydrogen-bond donors (Lipinski definition) is 2. The van der Waals surface area contributed by atoms with Crippen molar-refractivity contribution < 1.29 is 36.3 Å². The zero-order chi connectivity index (χ0) is 46.4. The molecule has 0 spiro atoms. The molecule has 362 valence electrons. The van der Waals surface area contributed by atoms with E-state index in [-0.39, 0.29) is 48.6 Å². The predicted molar refractivity (Wildman–Crippen MR) is 251 cm³/mol. The molecule has 6 fully saturated rings. The summed E-state index contributed by atoms with van der Waals surface area (Å²) in [4.78, 5) is 49.2. The Morgan fingerprint density at radius 3 is 2.27 bits per heavy atom. The SMILES string of the molecule is COC(=O)N[C@H]1CCC[C@@H]1[C@](CNC(C)=O)(c1cccc(F)c1)C1CCN(CC2CN(c3ccc(S(=O)(=O)C4CN(C(=O)/C=C/CN5CCCCC5)C4)c(CN4CCC(F)CC4)c3)C2)CC1. The van der Waals surface area contributed by atoms with Crippen molar-refractivity contribution in [2.75, 3.05) is 97.1 Å². The number of piperidine rings is 3. The van der Waals surface area contributed by atoms with Crippen molar-refractivity contribution in [3.8, 4) is 0 Å². The number of alkyl halides is 1. The minimum atomic E-state index is -3.73. The fraction of sp³-hybridized carbons (Fsp3) is 0.660. The Morgan fingerprint density at radius 2 is 1.58 bits per heavy atom. The lowest BCUT2D eigenvalue weighted by molar-refractivity contribution is -0.129. The lowest BCUT2D eigenvalue weighted by Crippen LogP contribution is -2.58. The standard InChI is InChI=1S/C50H71F2N7O6S/c1-36(60)53-35-50(40-9-6-10-42(52)28-40,45-11-7-12-46(45)54-49(62)65-2)39-16-23-56(24-17-39)29-37-30-58(31-37)43-14-15-47(38(27-43)32-57-25-18-41(51)19-26-57)66(63,64)44-33-59(34-44)48(61)13-8-22-55-20-4-3-5-21-55/h6,8-10,13-15,27-28,37,39,41,44-46H,3-5,7,11-12,16-26,29-35H2,1-2H3,(H,53,60)(H,54,62)/b13-8+/t45-,46-,50-/m0/s1.